The number of halogens is 1. The molecule has 3 rings (SSSR count). The van der Waals surface area contributed by atoms with Crippen LogP contribution in [0.3, 0.4) is 0 Å². The van der Waals surface area contributed by atoms with Gasteiger partial charge in [0, 0.05) is 47.9 Å². The maximum absolute atomic E-state index is 12.8. The van der Waals surface area contributed by atoms with Gasteiger partial charge in [-0.2, -0.15) is 0 Å². The predicted octanol–water partition coefficient (Wildman–Crippen LogP) is 4.52. The number of nitrogens with one attached hydrogen (secondary N) is 1. The van der Waals surface area contributed by atoms with Gasteiger partial charge in [0.05, 0.1) is 16.7 Å². The van der Waals surface area contributed by atoms with Gasteiger partial charge in [-0.05, 0) is 38.6 Å². The van der Waals surface area contributed by atoms with Crippen LogP contribution >= 0.6 is 11.6 Å². The Morgan fingerprint density at radius 3 is 2.53 bits per heavy atom. The highest BCUT2D eigenvalue weighted by molar-refractivity contribution is 7.92. The summed E-state index contributed by atoms with van der Waals surface area (Å²) in [6, 6.07) is 1.60. The minimum Gasteiger partial charge on any atom is -0.598 e. The summed E-state index contributed by atoms with van der Waals surface area (Å²) in [6.07, 6.45) is 5.77. The molecule has 7 nitrogen and oxygen atoms in total. The third kappa shape index (κ3) is 5.67. The third-order valence-electron chi connectivity index (χ3n) is 5.73. The van der Waals surface area contributed by atoms with Crippen molar-refractivity contribution in [3.63, 3.8) is 0 Å². The van der Waals surface area contributed by atoms with E-state index in [1.807, 2.05) is 20.8 Å². The van der Waals surface area contributed by atoms with E-state index >= 15 is 0 Å². The Labute approximate surface area is 198 Å². The Morgan fingerprint density at radius 2 is 1.94 bits per heavy atom. The van der Waals surface area contributed by atoms with Crippen LogP contribution in [0.5, 0.6) is 5.88 Å². The third-order valence-corrected chi connectivity index (χ3v) is 9.75. The monoisotopic (exact) mass is 501 g/mol. The van der Waals surface area contributed by atoms with E-state index in [9.17, 15) is 13.0 Å². The van der Waals surface area contributed by atoms with Gasteiger partial charge in [0.15, 0.2) is 9.84 Å². The number of hydrogen-bond acceptors (Lipinski definition) is 7. The predicted molar refractivity (Wildman–Crippen MR) is 130 cm³/mol. The lowest BCUT2D eigenvalue weighted by Gasteiger charge is -2.34. The van der Waals surface area contributed by atoms with Crippen molar-refractivity contribution >= 4 is 43.6 Å². The lowest BCUT2D eigenvalue weighted by Crippen LogP contribution is -2.43. The van der Waals surface area contributed by atoms with Crippen LogP contribution in [-0.4, -0.2) is 44.8 Å². The van der Waals surface area contributed by atoms with Crippen molar-refractivity contribution < 1.29 is 17.7 Å². The molecule has 2 atom stereocenters. The quantitative estimate of drug-likeness (QED) is 0.397. The highest BCUT2D eigenvalue weighted by Crippen LogP contribution is 2.37. The van der Waals surface area contributed by atoms with Gasteiger partial charge in [-0.15, -0.1) is 4.72 Å². The molecule has 0 amide bonds. The van der Waals surface area contributed by atoms with Crippen LogP contribution in [-0.2, 0) is 21.2 Å². The molecular formula is C22H32ClN3O4S2. The molecule has 0 radical (unpaired) electrons. The summed E-state index contributed by atoms with van der Waals surface area (Å²) in [5.74, 6) is 0.558. The maximum Gasteiger partial charge on any atom is 0.223 e. The molecule has 1 N–H and O–H groups in total. The number of pyridine rings is 2. The maximum atomic E-state index is 12.8. The SMILES string of the molecule is CCC[C@H](N[S@@+]([O-])C(C)(C)C)c1cnc(OC2CC(S(=O)(=O)CC)C2)c2cnc(Cl)cc12. The van der Waals surface area contributed by atoms with Crippen LogP contribution < -0.4 is 9.46 Å². The number of ether oxygens (including phenoxy) is 1. The zero-order chi connectivity index (χ0) is 23.7. The van der Waals surface area contributed by atoms with Gasteiger partial charge in [0.1, 0.15) is 16.0 Å². The molecular weight excluding hydrogens is 470 g/mol. The molecule has 178 valence electrons. The molecule has 1 aliphatic rings. The van der Waals surface area contributed by atoms with Crippen molar-refractivity contribution in [3.8, 4) is 5.88 Å². The topological polar surface area (TPSA) is 104 Å². The molecule has 0 unspecified atom stereocenters. The number of rotatable bonds is 9. The van der Waals surface area contributed by atoms with E-state index in [0.717, 1.165) is 23.8 Å². The van der Waals surface area contributed by atoms with Gasteiger partial charge in [-0.1, -0.05) is 31.9 Å². The Morgan fingerprint density at radius 1 is 1.25 bits per heavy atom. The van der Waals surface area contributed by atoms with Gasteiger partial charge in [-0.25, -0.2) is 18.4 Å². The van der Waals surface area contributed by atoms with E-state index in [0.29, 0.717) is 29.3 Å². The second-order valence-electron chi connectivity index (χ2n) is 9.20. The van der Waals surface area contributed by atoms with Crippen molar-refractivity contribution in [2.75, 3.05) is 5.75 Å². The fraction of sp³-hybridized carbons (Fsp3) is 0.636. The number of hydrogen-bond donors (Lipinski definition) is 1. The molecule has 0 saturated heterocycles. The van der Waals surface area contributed by atoms with E-state index in [4.69, 9.17) is 16.3 Å². The molecule has 0 aromatic carbocycles. The fourth-order valence-electron chi connectivity index (χ4n) is 3.65. The fourth-order valence-corrected chi connectivity index (χ4v) is 6.15. The van der Waals surface area contributed by atoms with Gasteiger partial charge >= 0.3 is 0 Å². The van der Waals surface area contributed by atoms with Gasteiger partial charge in [-0.3, -0.25) is 0 Å². The minimum absolute atomic E-state index is 0.143. The summed E-state index contributed by atoms with van der Waals surface area (Å²) >= 11 is 4.96. The Kier molecular flexibility index (Phi) is 7.97. The summed E-state index contributed by atoms with van der Waals surface area (Å²) in [6.45, 7) is 9.53. The zero-order valence-corrected chi connectivity index (χ0v) is 21.6. The molecule has 0 bridgehead atoms. The number of fused-ring (bicyclic) bond motifs is 1. The molecule has 1 saturated carbocycles. The molecule has 2 aromatic heterocycles. The Hall–Kier alpha value is -1.13. The van der Waals surface area contributed by atoms with E-state index in [1.54, 1.807) is 25.4 Å². The molecule has 1 aliphatic carbocycles. The second kappa shape index (κ2) is 10.0. The van der Waals surface area contributed by atoms with E-state index < -0.39 is 25.9 Å². The van der Waals surface area contributed by atoms with Crippen molar-refractivity contribution in [1.82, 2.24) is 14.7 Å². The second-order valence-corrected chi connectivity index (χ2v) is 14.2. The Bertz CT molecular complexity index is 1050. The highest BCUT2D eigenvalue weighted by atomic mass is 35.5. The van der Waals surface area contributed by atoms with Gasteiger partial charge in [0.2, 0.25) is 5.88 Å². The average molecular weight is 502 g/mol. The molecule has 0 aliphatic heterocycles. The first-order valence-electron chi connectivity index (χ1n) is 11.0. The molecule has 2 aromatic rings. The molecule has 1 fully saturated rings. The summed E-state index contributed by atoms with van der Waals surface area (Å²) in [5.41, 5.74) is 0.885. The lowest BCUT2D eigenvalue weighted by molar-refractivity contribution is 0.119. The summed E-state index contributed by atoms with van der Waals surface area (Å²) in [7, 11) is -3.05. The molecule has 2 heterocycles. The van der Waals surface area contributed by atoms with Crippen molar-refractivity contribution in [2.24, 2.45) is 0 Å². The normalized spacial score (nSPS) is 21.2. The number of aromatic nitrogens is 2. The van der Waals surface area contributed by atoms with Crippen LogP contribution in [0.4, 0.5) is 0 Å². The van der Waals surface area contributed by atoms with E-state index in [2.05, 4.69) is 21.6 Å². The number of sulfone groups is 1. The van der Waals surface area contributed by atoms with Crippen molar-refractivity contribution in [1.29, 1.82) is 0 Å². The number of nitrogens with zero attached hydrogens (tertiary/aromatic N) is 2. The zero-order valence-electron chi connectivity index (χ0n) is 19.2. The summed E-state index contributed by atoms with van der Waals surface area (Å²) < 4.78 is 45.8. The molecule has 10 heteroatoms. The summed E-state index contributed by atoms with van der Waals surface area (Å²) in [5, 5.41) is 1.55. The lowest BCUT2D eigenvalue weighted by atomic mass is 9.95. The standard InChI is InChI=1S/C22H32ClN3O4S2/c1-6-8-19(26-31(27)22(3,4)5)17-12-25-21(18-13-24-20(23)11-16(17)18)30-14-9-15(10-14)32(28,29)7-2/h11-15,19,26H,6-10H2,1-5H3/t14?,15?,19-,31-/m0/s1. The average Bonchev–Trinajstić information content (AvgIpc) is 2.68. The smallest absolute Gasteiger partial charge is 0.223 e. The highest BCUT2D eigenvalue weighted by Gasteiger charge is 2.39. The summed E-state index contributed by atoms with van der Waals surface area (Å²) in [4.78, 5) is 8.75. The molecule has 0 spiro atoms. The van der Waals surface area contributed by atoms with Crippen LogP contribution in [0.2, 0.25) is 5.15 Å². The van der Waals surface area contributed by atoms with Crippen LogP contribution in [0.15, 0.2) is 18.5 Å². The minimum atomic E-state index is -3.05. The van der Waals surface area contributed by atoms with E-state index in [1.165, 1.54) is 0 Å². The van der Waals surface area contributed by atoms with E-state index in [-0.39, 0.29) is 23.1 Å². The first kappa shape index (κ1) is 25.5. The van der Waals surface area contributed by atoms with Crippen LogP contribution in [0.25, 0.3) is 10.8 Å². The Balaban J connectivity index is 1.90. The van der Waals surface area contributed by atoms with Crippen LogP contribution in [0, 0.1) is 0 Å². The van der Waals surface area contributed by atoms with Crippen molar-refractivity contribution in [2.45, 2.75) is 82.4 Å². The van der Waals surface area contributed by atoms with Gasteiger partial charge < -0.3 is 9.29 Å². The van der Waals surface area contributed by atoms with Crippen LogP contribution in [0.1, 0.15) is 71.9 Å². The van der Waals surface area contributed by atoms with Crippen molar-refractivity contribution in [3.05, 3.63) is 29.2 Å². The first-order chi connectivity index (χ1) is 15.0. The first-order valence-corrected chi connectivity index (χ1v) is 14.2. The van der Waals surface area contributed by atoms with Gasteiger partial charge in [0.25, 0.3) is 0 Å². The molecule has 32 heavy (non-hydrogen) atoms. The largest absolute Gasteiger partial charge is 0.598 e.